The Hall–Kier alpha value is -2.08. The van der Waals surface area contributed by atoms with Gasteiger partial charge in [-0.2, -0.15) is 0 Å². The van der Waals surface area contributed by atoms with Crippen LogP contribution in [0.1, 0.15) is 20.7 Å². The van der Waals surface area contributed by atoms with E-state index in [1.54, 1.807) is 41.2 Å². The predicted molar refractivity (Wildman–Crippen MR) is 78.8 cm³/mol. The number of nitrogens with one attached hydrogen (secondary N) is 1. The molecule has 0 fully saturated rings. The highest BCUT2D eigenvalue weighted by Gasteiger charge is 2.12. The lowest BCUT2D eigenvalue weighted by Gasteiger charge is -2.08. The van der Waals surface area contributed by atoms with Crippen LogP contribution < -0.4 is 5.32 Å². The highest BCUT2D eigenvalue weighted by molar-refractivity contribution is 9.10. The monoisotopic (exact) mass is 336 g/mol. The number of hydrogen-bond acceptors (Lipinski definition) is 3. The highest BCUT2D eigenvalue weighted by atomic mass is 79.9. The first-order valence-electron chi connectivity index (χ1n) is 5.82. The molecule has 1 N–H and O–H groups in total. The summed E-state index contributed by atoms with van der Waals surface area (Å²) in [5.74, 6) is -0.693. The van der Waals surface area contributed by atoms with Crippen LogP contribution in [-0.4, -0.2) is 23.6 Å². The largest absolute Gasteiger partial charge is 0.465 e. The lowest BCUT2D eigenvalue weighted by atomic mass is 10.2. The number of methoxy groups -OCH3 is 1. The lowest BCUT2D eigenvalue weighted by molar-refractivity contribution is 0.0600. The van der Waals surface area contributed by atoms with Crippen LogP contribution in [0.3, 0.4) is 0 Å². The third-order valence-electron chi connectivity index (χ3n) is 2.73. The van der Waals surface area contributed by atoms with Crippen molar-refractivity contribution in [3.8, 4) is 0 Å². The minimum Gasteiger partial charge on any atom is -0.465 e. The number of anilines is 1. The van der Waals surface area contributed by atoms with Crippen molar-refractivity contribution in [2.75, 3.05) is 12.4 Å². The number of benzene rings is 1. The molecule has 20 heavy (non-hydrogen) atoms. The van der Waals surface area contributed by atoms with E-state index in [9.17, 15) is 9.59 Å². The third-order valence-corrected chi connectivity index (χ3v) is 3.42. The van der Waals surface area contributed by atoms with Gasteiger partial charge in [0.15, 0.2) is 0 Å². The summed E-state index contributed by atoms with van der Waals surface area (Å²) in [6, 6.07) is 6.59. The van der Waals surface area contributed by atoms with E-state index in [1.807, 2.05) is 7.05 Å². The number of carbonyl (C=O) groups is 2. The average molecular weight is 337 g/mol. The maximum absolute atomic E-state index is 12.1. The first-order chi connectivity index (χ1) is 9.51. The summed E-state index contributed by atoms with van der Waals surface area (Å²) < 4.78 is 7.13. The van der Waals surface area contributed by atoms with Crippen molar-refractivity contribution in [3.05, 3.63) is 52.3 Å². The van der Waals surface area contributed by atoms with Crippen molar-refractivity contribution in [2.24, 2.45) is 7.05 Å². The Morgan fingerprint density at radius 2 is 2.00 bits per heavy atom. The zero-order chi connectivity index (χ0) is 14.7. The van der Waals surface area contributed by atoms with E-state index in [4.69, 9.17) is 0 Å². The molecule has 0 aliphatic heterocycles. The van der Waals surface area contributed by atoms with Gasteiger partial charge in [-0.15, -0.1) is 0 Å². The molecule has 0 aliphatic carbocycles. The molecule has 0 bridgehead atoms. The van der Waals surface area contributed by atoms with Gasteiger partial charge in [-0.25, -0.2) is 4.79 Å². The summed E-state index contributed by atoms with van der Waals surface area (Å²) in [5.41, 5.74) is 1.43. The van der Waals surface area contributed by atoms with Gasteiger partial charge in [-0.3, -0.25) is 4.79 Å². The van der Waals surface area contributed by atoms with Gasteiger partial charge in [0.1, 0.15) is 0 Å². The minimum absolute atomic E-state index is 0.242. The topological polar surface area (TPSA) is 60.3 Å². The summed E-state index contributed by atoms with van der Waals surface area (Å²) in [4.78, 5) is 23.6. The maximum atomic E-state index is 12.1. The molecule has 1 aromatic heterocycles. The maximum Gasteiger partial charge on any atom is 0.337 e. The molecule has 0 radical (unpaired) electrons. The van der Waals surface area contributed by atoms with Gasteiger partial charge in [0, 0.05) is 23.9 Å². The molecule has 104 valence electrons. The molecular weight excluding hydrogens is 324 g/mol. The zero-order valence-corrected chi connectivity index (χ0v) is 12.6. The molecule has 6 heteroatoms. The Bertz CT molecular complexity index is 664. The van der Waals surface area contributed by atoms with Gasteiger partial charge in [0.05, 0.1) is 23.9 Å². The lowest BCUT2D eigenvalue weighted by Crippen LogP contribution is -2.12. The molecule has 2 rings (SSSR count). The molecule has 1 amide bonds. The molecular formula is C14H13BrN2O3. The summed E-state index contributed by atoms with van der Waals surface area (Å²) in [6.45, 7) is 0. The van der Waals surface area contributed by atoms with Crippen LogP contribution in [0.2, 0.25) is 0 Å². The Morgan fingerprint density at radius 3 is 2.60 bits per heavy atom. The van der Waals surface area contributed by atoms with E-state index in [1.165, 1.54) is 7.11 Å². The van der Waals surface area contributed by atoms with E-state index >= 15 is 0 Å². The van der Waals surface area contributed by atoms with E-state index in [-0.39, 0.29) is 5.91 Å². The Kier molecular flexibility index (Phi) is 4.24. The van der Waals surface area contributed by atoms with E-state index in [0.29, 0.717) is 21.3 Å². The van der Waals surface area contributed by atoms with Crippen LogP contribution in [0.25, 0.3) is 0 Å². The van der Waals surface area contributed by atoms with Crippen LogP contribution in [0.15, 0.2) is 41.1 Å². The van der Waals surface area contributed by atoms with Gasteiger partial charge in [0.25, 0.3) is 5.91 Å². The molecule has 1 aromatic carbocycles. The van der Waals surface area contributed by atoms with Gasteiger partial charge in [-0.1, -0.05) is 0 Å². The summed E-state index contributed by atoms with van der Waals surface area (Å²) in [6.07, 6.45) is 3.50. The predicted octanol–water partition coefficient (Wildman–Crippen LogP) is 2.83. The second kappa shape index (κ2) is 5.92. The van der Waals surface area contributed by atoms with Crippen molar-refractivity contribution in [1.29, 1.82) is 0 Å². The van der Waals surface area contributed by atoms with Crippen molar-refractivity contribution in [3.63, 3.8) is 0 Å². The molecule has 0 spiro atoms. The normalized spacial score (nSPS) is 10.2. The van der Waals surface area contributed by atoms with Gasteiger partial charge in [-0.05, 0) is 40.2 Å². The number of aryl methyl sites for hydroxylation is 1. The van der Waals surface area contributed by atoms with Crippen LogP contribution >= 0.6 is 15.9 Å². The van der Waals surface area contributed by atoms with Crippen molar-refractivity contribution >= 4 is 33.5 Å². The van der Waals surface area contributed by atoms with E-state index in [2.05, 4.69) is 26.0 Å². The standard InChI is InChI=1S/C14H13BrN2O3/c1-17-6-5-10(8-17)13(18)16-12-7-9(14(19)20-2)3-4-11(12)15/h3-8H,1-2H3,(H,16,18). The fourth-order valence-electron chi connectivity index (χ4n) is 1.70. The number of esters is 1. The molecule has 2 aromatic rings. The fourth-order valence-corrected chi connectivity index (χ4v) is 2.04. The number of nitrogens with zero attached hydrogens (tertiary/aromatic N) is 1. The van der Waals surface area contributed by atoms with Crippen LogP contribution in [0.4, 0.5) is 5.69 Å². The van der Waals surface area contributed by atoms with E-state index < -0.39 is 5.97 Å². The Morgan fingerprint density at radius 1 is 1.25 bits per heavy atom. The highest BCUT2D eigenvalue weighted by Crippen LogP contribution is 2.24. The second-order valence-corrected chi connectivity index (χ2v) is 5.06. The number of carbonyl (C=O) groups excluding carboxylic acids is 2. The van der Waals surface area contributed by atoms with Crippen LogP contribution in [0.5, 0.6) is 0 Å². The number of hydrogen-bond donors (Lipinski definition) is 1. The third kappa shape index (κ3) is 3.08. The molecule has 0 unspecified atom stereocenters. The summed E-state index contributed by atoms with van der Waals surface area (Å²) >= 11 is 3.34. The van der Waals surface area contributed by atoms with Crippen molar-refractivity contribution in [1.82, 2.24) is 4.57 Å². The Labute approximate surface area is 124 Å². The average Bonchev–Trinajstić information content (AvgIpc) is 2.87. The van der Waals surface area contributed by atoms with Gasteiger partial charge in [0.2, 0.25) is 0 Å². The smallest absolute Gasteiger partial charge is 0.337 e. The summed E-state index contributed by atoms with van der Waals surface area (Å²) in [7, 11) is 3.15. The SMILES string of the molecule is COC(=O)c1ccc(Br)c(NC(=O)c2ccn(C)c2)c1. The number of amides is 1. The molecule has 0 atom stereocenters. The first kappa shape index (κ1) is 14.3. The molecule has 1 heterocycles. The fraction of sp³-hybridized carbons (Fsp3) is 0.143. The Balaban J connectivity index is 2.24. The first-order valence-corrected chi connectivity index (χ1v) is 6.61. The van der Waals surface area contributed by atoms with Crippen molar-refractivity contribution < 1.29 is 14.3 Å². The number of rotatable bonds is 3. The van der Waals surface area contributed by atoms with E-state index in [0.717, 1.165) is 0 Å². The quantitative estimate of drug-likeness (QED) is 0.876. The van der Waals surface area contributed by atoms with Crippen molar-refractivity contribution in [2.45, 2.75) is 0 Å². The number of halogens is 1. The minimum atomic E-state index is -0.451. The molecule has 5 nitrogen and oxygen atoms in total. The zero-order valence-electron chi connectivity index (χ0n) is 11.0. The molecule has 0 saturated carbocycles. The number of aromatic nitrogens is 1. The van der Waals surface area contributed by atoms with Crippen LogP contribution in [-0.2, 0) is 11.8 Å². The second-order valence-electron chi connectivity index (χ2n) is 4.21. The number of ether oxygens (including phenoxy) is 1. The molecule has 0 saturated heterocycles. The van der Waals surface area contributed by atoms with Gasteiger partial charge >= 0.3 is 5.97 Å². The summed E-state index contributed by atoms with van der Waals surface area (Å²) in [5, 5.41) is 2.75. The molecule has 0 aliphatic rings. The van der Waals surface area contributed by atoms with Gasteiger partial charge < -0.3 is 14.6 Å². The van der Waals surface area contributed by atoms with Crippen LogP contribution in [0, 0.1) is 0 Å².